The Morgan fingerprint density at radius 1 is 1.44 bits per heavy atom. The standard InChI is InChI=1S/C13H23N3/c1-15-12(13(10-14)6-4-7-13)11-5-3-8-16(2)9-11/h11-12,15H,3-9H2,1-2H3. The summed E-state index contributed by atoms with van der Waals surface area (Å²) in [6.45, 7) is 2.36. The van der Waals surface area contributed by atoms with Crippen LogP contribution in [-0.4, -0.2) is 38.1 Å². The minimum atomic E-state index is -0.0579. The first-order chi connectivity index (χ1) is 7.72. The van der Waals surface area contributed by atoms with Crippen LogP contribution >= 0.6 is 0 Å². The minimum Gasteiger partial charge on any atom is -0.315 e. The fourth-order valence-electron chi connectivity index (χ4n) is 3.49. The Bertz CT molecular complexity index is 277. The Hall–Kier alpha value is -0.590. The van der Waals surface area contributed by atoms with E-state index in [4.69, 9.17) is 0 Å². The number of rotatable bonds is 3. The van der Waals surface area contributed by atoms with Crippen LogP contribution in [0.3, 0.4) is 0 Å². The van der Waals surface area contributed by atoms with Crippen LogP contribution in [0, 0.1) is 22.7 Å². The maximum atomic E-state index is 9.43. The third-order valence-electron chi connectivity index (χ3n) is 4.51. The number of hydrogen-bond donors (Lipinski definition) is 1. The van der Waals surface area contributed by atoms with Crippen LogP contribution in [0.4, 0.5) is 0 Å². The van der Waals surface area contributed by atoms with Crippen LogP contribution in [0.15, 0.2) is 0 Å². The Morgan fingerprint density at radius 2 is 2.19 bits per heavy atom. The molecule has 2 aliphatic rings. The summed E-state index contributed by atoms with van der Waals surface area (Å²) in [5.74, 6) is 0.656. The predicted octanol–water partition coefficient (Wildman–Crippen LogP) is 1.61. The van der Waals surface area contributed by atoms with Crippen molar-refractivity contribution in [2.24, 2.45) is 11.3 Å². The molecule has 0 aromatic heterocycles. The van der Waals surface area contributed by atoms with Crippen LogP contribution < -0.4 is 5.32 Å². The van der Waals surface area contributed by atoms with Gasteiger partial charge in [0.2, 0.25) is 0 Å². The van der Waals surface area contributed by atoms with Crippen LogP contribution in [0.25, 0.3) is 0 Å². The van der Waals surface area contributed by atoms with Gasteiger partial charge in [0, 0.05) is 12.6 Å². The summed E-state index contributed by atoms with van der Waals surface area (Å²) in [6, 6.07) is 2.99. The fourth-order valence-corrected chi connectivity index (χ4v) is 3.49. The van der Waals surface area contributed by atoms with Crippen molar-refractivity contribution in [2.45, 2.75) is 38.1 Å². The summed E-state index contributed by atoms with van der Waals surface area (Å²) < 4.78 is 0. The van der Waals surface area contributed by atoms with Gasteiger partial charge in [-0.25, -0.2) is 0 Å². The van der Waals surface area contributed by atoms with Crippen LogP contribution in [0.1, 0.15) is 32.1 Å². The number of nitriles is 1. The molecule has 2 unspecified atom stereocenters. The lowest BCUT2D eigenvalue weighted by atomic mass is 9.61. The van der Waals surface area contributed by atoms with Gasteiger partial charge in [0.25, 0.3) is 0 Å². The van der Waals surface area contributed by atoms with Gasteiger partial charge in [-0.2, -0.15) is 5.26 Å². The van der Waals surface area contributed by atoms with Gasteiger partial charge in [-0.15, -0.1) is 0 Å². The third kappa shape index (κ3) is 1.97. The molecule has 0 amide bonds. The molecule has 0 radical (unpaired) electrons. The van der Waals surface area contributed by atoms with E-state index < -0.39 is 0 Å². The largest absolute Gasteiger partial charge is 0.315 e. The number of likely N-dealkylation sites (tertiary alicyclic amines) is 1. The molecule has 0 aromatic rings. The summed E-state index contributed by atoms with van der Waals surface area (Å²) in [5.41, 5.74) is -0.0579. The maximum Gasteiger partial charge on any atom is 0.0729 e. The van der Waals surface area contributed by atoms with E-state index in [9.17, 15) is 5.26 Å². The van der Waals surface area contributed by atoms with Gasteiger partial charge in [-0.05, 0) is 52.2 Å². The topological polar surface area (TPSA) is 39.1 Å². The van der Waals surface area contributed by atoms with Gasteiger partial charge in [0.1, 0.15) is 0 Å². The molecule has 1 saturated carbocycles. The Kier molecular flexibility index (Phi) is 3.51. The number of nitrogens with one attached hydrogen (secondary N) is 1. The molecule has 2 rings (SSSR count). The zero-order valence-electron chi connectivity index (χ0n) is 10.5. The van der Waals surface area contributed by atoms with E-state index in [0.29, 0.717) is 12.0 Å². The van der Waals surface area contributed by atoms with Gasteiger partial charge in [0.15, 0.2) is 0 Å². The highest BCUT2D eigenvalue weighted by Crippen LogP contribution is 2.46. The van der Waals surface area contributed by atoms with Crippen molar-refractivity contribution in [3.05, 3.63) is 0 Å². The second kappa shape index (κ2) is 4.73. The molecule has 90 valence electrons. The van der Waals surface area contributed by atoms with Crippen molar-refractivity contribution in [3.8, 4) is 6.07 Å². The molecule has 2 atom stereocenters. The summed E-state index contributed by atoms with van der Waals surface area (Å²) in [5, 5.41) is 12.9. The number of piperidine rings is 1. The van der Waals surface area contributed by atoms with E-state index in [1.165, 1.54) is 25.8 Å². The first kappa shape index (κ1) is 11.9. The highest BCUT2D eigenvalue weighted by Gasteiger charge is 2.47. The molecule has 1 N–H and O–H groups in total. The molecule has 1 heterocycles. The molecule has 16 heavy (non-hydrogen) atoms. The first-order valence-electron chi connectivity index (χ1n) is 6.49. The zero-order chi connectivity index (χ0) is 11.6. The molecule has 3 nitrogen and oxygen atoms in total. The predicted molar refractivity (Wildman–Crippen MR) is 65.0 cm³/mol. The van der Waals surface area contributed by atoms with Gasteiger partial charge in [0.05, 0.1) is 11.5 Å². The quantitative estimate of drug-likeness (QED) is 0.787. The molecule has 2 fully saturated rings. The highest BCUT2D eigenvalue weighted by atomic mass is 15.1. The van der Waals surface area contributed by atoms with E-state index in [1.807, 2.05) is 7.05 Å². The number of nitrogens with zero attached hydrogens (tertiary/aromatic N) is 2. The fraction of sp³-hybridized carbons (Fsp3) is 0.923. The molecule has 0 spiro atoms. The van der Waals surface area contributed by atoms with E-state index in [-0.39, 0.29) is 5.41 Å². The first-order valence-corrected chi connectivity index (χ1v) is 6.49. The maximum absolute atomic E-state index is 9.43. The molecular formula is C13H23N3. The van der Waals surface area contributed by atoms with Gasteiger partial charge in [-0.3, -0.25) is 0 Å². The Morgan fingerprint density at radius 3 is 2.62 bits per heavy atom. The van der Waals surface area contributed by atoms with E-state index in [0.717, 1.165) is 19.4 Å². The van der Waals surface area contributed by atoms with Crippen molar-refractivity contribution >= 4 is 0 Å². The molecule has 1 aliphatic heterocycles. The molecule has 1 saturated heterocycles. The second-order valence-corrected chi connectivity index (χ2v) is 5.55. The van der Waals surface area contributed by atoms with Crippen LogP contribution in [-0.2, 0) is 0 Å². The van der Waals surface area contributed by atoms with Crippen LogP contribution in [0.5, 0.6) is 0 Å². The van der Waals surface area contributed by atoms with Crippen molar-refractivity contribution < 1.29 is 0 Å². The molecule has 3 heteroatoms. The SMILES string of the molecule is CNC(C1CCCN(C)C1)C1(C#N)CCC1. The molecule has 0 bridgehead atoms. The molecular weight excluding hydrogens is 198 g/mol. The summed E-state index contributed by atoms with van der Waals surface area (Å²) in [7, 11) is 4.22. The van der Waals surface area contributed by atoms with Crippen molar-refractivity contribution in [1.29, 1.82) is 5.26 Å². The lowest BCUT2D eigenvalue weighted by molar-refractivity contribution is 0.0693. The second-order valence-electron chi connectivity index (χ2n) is 5.55. The summed E-state index contributed by atoms with van der Waals surface area (Å²) in [6.07, 6.45) is 5.97. The smallest absolute Gasteiger partial charge is 0.0729 e. The normalized spacial score (nSPS) is 31.4. The minimum absolute atomic E-state index is 0.0579. The van der Waals surface area contributed by atoms with Crippen LogP contribution in [0.2, 0.25) is 0 Å². The summed E-state index contributed by atoms with van der Waals surface area (Å²) >= 11 is 0. The van der Waals surface area contributed by atoms with Gasteiger partial charge >= 0.3 is 0 Å². The lowest BCUT2D eigenvalue weighted by Crippen LogP contribution is -2.55. The van der Waals surface area contributed by atoms with Crippen molar-refractivity contribution in [3.63, 3.8) is 0 Å². The van der Waals surface area contributed by atoms with E-state index >= 15 is 0 Å². The zero-order valence-corrected chi connectivity index (χ0v) is 10.5. The van der Waals surface area contributed by atoms with Gasteiger partial charge in [-0.1, -0.05) is 6.42 Å². The van der Waals surface area contributed by atoms with Crippen molar-refractivity contribution in [2.75, 3.05) is 27.2 Å². The monoisotopic (exact) mass is 221 g/mol. The third-order valence-corrected chi connectivity index (χ3v) is 4.51. The number of hydrogen-bond acceptors (Lipinski definition) is 3. The molecule has 0 aromatic carbocycles. The average molecular weight is 221 g/mol. The molecule has 1 aliphatic carbocycles. The van der Waals surface area contributed by atoms with E-state index in [2.05, 4.69) is 23.3 Å². The van der Waals surface area contributed by atoms with E-state index in [1.54, 1.807) is 0 Å². The summed E-state index contributed by atoms with van der Waals surface area (Å²) in [4.78, 5) is 2.41. The highest BCUT2D eigenvalue weighted by molar-refractivity contribution is 5.12. The lowest BCUT2D eigenvalue weighted by Gasteiger charge is -2.47. The van der Waals surface area contributed by atoms with Gasteiger partial charge < -0.3 is 10.2 Å². The van der Waals surface area contributed by atoms with Crippen molar-refractivity contribution in [1.82, 2.24) is 10.2 Å². The Balaban J connectivity index is 2.07. The average Bonchev–Trinajstić information content (AvgIpc) is 2.23. The Labute approximate surface area is 98.8 Å².